The van der Waals surface area contributed by atoms with E-state index < -0.39 is 10.9 Å². The predicted octanol–water partition coefficient (Wildman–Crippen LogP) is 1.81. The summed E-state index contributed by atoms with van der Waals surface area (Å²) in [5.41, 5.74) is 1.05. The lowest BCUT2D eigenvalue weighted by molar-refractivity contribution is -0.384. The number of hydrogen-bond donors (Lipinski definition) is 1. The van der Waals surface area contributed by atoms with E-state index >= 15 is 0 Å². The van der Waals surface area contributed by atoms with Crippen molar-refractivity contribution >= 4 is 17.3 Å². The third kappa shape index (κ3) is 3.17. The second kappa shape index (κ2) is 5.29. The molecule has 0 saturated heterocycles. The highest BCUT2D eigenvalue weighted by atomic mass is 16.6. The lowest BCUT2D eigenvalue weighted by Gasteiger charge is -2.20. The summed E-state index contributed by atoms with van der Waals surface area (Å²) in [5, 5.41) is 19.7. The van der Waals surface area contributed by atoms with Crippen LogP contribution in [0.1, 0.15) is 12.5 Å². The van der Waals surface area contributed by atoms with Gasteiger partial charge in [-0.25, -0.2) is 0 Å². The molecule has 0 heterocycles. The van der Waals surface area contributed by atoms with Crippen molar-refractivity contribution in [1.29, 1.82) is 0 Å². The van der Waals surface area contributed by atoms with Crippen molar-refractivity contribution in [3.05, 3.63) is 33.9 Å². The highest BCUT2D eigenvalue weighted by Crippen LogP contribution is 2.28. The van der Waals surface area contributed by atoms with Crippen molar-refractivity contribution in [3.63, 3.8) is 0 Å². The second-order valence-electron chi connectivity index (χ2n) is 3.66. The molecular weight excluding hydrogens is 224 g/mol. The number of benzene rings is 1. The third-order valence-electron chi connectivity index (χ3n) is 2.38. The number of aryl methyl sites for hydroxylation is 1. The van der Waals surface area contributed by atoms with Crippen molar-refractivity contribution in [2.75, 3.05) is 18.0 Å². The molecule has 0 aliphatic heterocycles. The lowest BCUT2D eigenvalue weighted by Crippen LogP contribution is -2.29. The van der Waals surface area contributed by atoms with Crippen molar-refractivity contribution in [3.8, 4) is 0 Å². The van der Waals surface area contributed by atoms with E-state index in [0.717, 1.165) is 5.56 Å². The van der Waals surface area contributed by atoms with E-state index in [9.17, 15) is 14.9 Å². The number of carboxylic acid groups (broad SMARTS) is 1. The van der Waals surface area contributed by atoms with Gasteiger partial charge >= 0.3 is 5.97 Å². The first-order valence-corrected chi connectivity index (χ1v) is 5.17. The van der Waals surface area contributed by atoms with E-state index in [-0.39, 0.29) is 12.2 Å². The molecule has 17 heavy (non-hydrogen) atoms. The molecule has 6 nitrogen and oxygen atoms in total. The summed E-state index contributed by atoms with van der Waals surface area (Å²) in [5.74, 6) is -1.01. The fraction of sp³-hybridized carbons (Fsp3) is 0.364. The Morgan fingerprint density at radius 2 is 2.18 bits per heavy atom. The van der Waals surface area contributed by atoms with Gasteiger partial charge in [0, 0.05) is 12.6 Å². The van der Waals surface area contributed by atoms with E-state index in [1.807, 2.05) is 0 Å². The number of carbonyl (C=O) groups is 1. The molecule has 0 saturated carbocycles. The van der Waals surface area contributed by atoms with Crippen LogP contribution in [0.15, 0.2) is 18.2 Å². The van der Waals surface area contributed by atoms with Gasteiger partial charge in [-0.15, -0.1) is 0 Å². The van der Waals surface area contributed by atoms with Gasteiger partial charge in [0.2, 0.25) is 0 Å². The fourth-order valence-electron chi connectivity index (χ4n) is 1.58. The maximum atomic E-state index is 10.9. The Labute approximate surface area is 98.6 Å². The number of nitro benzene ring substituents is 1. The van der Waals surface area contributed by atoms with Crippen LogP contribution < -0.4 is 4.90 Å². The molecule has 1 N–H and O–H groups in total. The Morgan fingerprint density at radius 1 is 1.53 bits per heavy atom. The van der Waals surface area contributed by atoms with E-state index in [2.05, 4.69) is 0 Å². The minimum absolute atomic E-state index is 0.0619. The zero-order valence-electron chi connectivity index (χ0n) is 9.71. The molecule has 0 fully saturated rings. The molecule has 1 aromatic carbocycles. The predicted molar refractivity (Wildman–Crippen MR) is 63.4 cm³/mol. The number of rotatable bonds is 5. The Morgan fingerprint density at radius 3 is 2.65 bits per heavy atom. The SMILES string of the molecule is CCN(CC(=O)O)c1ccc(C)cc1[N+](=O)[O-]. The maximum Gasteiger partial charge on any atom is 0.323 e. The highest BCUT2D eigenvalue weighted by molar-refractivity contribution is 5.76. The van der Waals surface area contributed by atoms with Crippen LogP contribution in [0.3, 0.4) is 0 Å². The van der Waals surface area contributed by atoms with Crippen molar-refractivity contribution in [1.82, 2.24) is 0 Å². The van der Waals surface area contributed by atoms with Crippen LogP contribution in [0.5, 0.6) is 0 Å². The maximum absolute atomic E-state index is 10.9. The van der Waals surface area contributed by atoms with Gasteiger partial charge in [-0.05, 0) is 25.5 Å². The van der Waals surface area contributed by atoms with Gasteiger partial charge in [0.05, 0.1) is 4.92 Å². The molecule has 6 heteroatoms. The zero-order valence-corrected chi connectivity index (χ0v) is 9.71. The Kier molecular flexibility index (Phi) is 4.03. The standard InChI is InChI=1S/C11H14N2O4/c1-3-12(7-11(14)15)9-5-4-8(2)6-10(9)13(16)17/h4-6H,3,7H2,1-2H3,(H,14,15). The first kappa shape index (κ1) is 13.0. The first-order chi connectivity index (χ1) is 7.95. The number of carboxylic acids is 1. The molecule has 0 aromatic heterocycles. The number of nitro groups is 1. The summed E-state index contributed by atoms with van der Waals surface area (Å²) in [6.07, 6.45) is 0. The average molecular weight is 238 g/mol. The molecule has 1 aromatic rings. The number of likely N-dealkylation sites (N-methyl/N-ethyl adjacent to an activating group) is 1. The van der Waals surface area contributed by atoms with Gasteiger partial charge in [-0.2, -0.15) is 0 Å². The van der Waals surface area contributed by atoms with E-state index in [4.69, 9.17) is 5.11 Å². The summed E-state index contributed by atoms with van der Waals surface area (Å²) >= 11 is 0. The molecule has 0 aliphatic rings. The lowest BCUT2D eigenvalue weighted by atomic mass is 10.1. The summed E-state index contributed by atoms with van der Waals surface area (Å²) in [6.45, 7) is 3.66. The van der Waals surface area contributed by atoms with Crippen molar-refractivity contribution in [2.24, 2.45) is 0 Å². The number of anilines is 1. The van der Waals surface area contributed by atoms with E-state index in [1.165, 1.54) is 11.0 Å². The fourth-order valence-corrected chi connectivity index (χ4v) is 1.58. The van der Waals surface area contributed by atoms with Gasteiger partial charge in [-0.3, -0.25) is 14.9 Å². The van der Waals surface area contributed by atoms with Gasteiger partial charge in [-0.1, -0.05) is 6.07 Å². The Bertz CT molecular complexity index is 445. The minimum atomic E-state index is -1.01. The van der Waals surface area contributed by atoms with Crippen LogP contribution in [0, 0.1) is 17.0 Å². The van der Waals surface area contributed by atoms with E-state index in [0.29, 0.717) is 12.2 Å². The van der Waals surface area contributed by atoms with Crippen LogP contribution in [-0.4, -0.2) is 29.1 Å². The second-order valence-corrected chi connectivity index (χ2v) is 3.66. The summed E-state index contributed by atoms with van der Waals surface area (Å²) < 4.78 is 0. The summed E-state index contributed by atoms with van der Waals surface area (Å²) in [6, 6.07) is 4.76. The summed E-state index contributed by atoms with van der Waals surface area (Å²) in [4.78, 5) is 22.6. The average Bonchev–Trinajstić information content (AvgIpc) is 2.25. The van der Waals surface area contributed by atoms with Crippen LogP contribution in [0.4, 0.5) is 11.4 Å². The van der Waals surface area contributed by atoms with Gasteiger partial charge in [0.1, 0.15) is 12.2 Å². The molecule has 0 atom stereocenters. The monoisotopic (exact) mass is 238 g/mol. The topological polar surface area (TPSA) is 83.7 Å². The van der Waals surface area contributed by atoms with Gasteiger partial charge < -0.3 is 10.0 Å². The smallest absolute Gasteiger partial charge is 0.323 e. The third-order valence-corrected chi connectivity index (χ3v) is 2.38. The van der Waals surface area contributed by atoms with Gasteiger partial charge in [0.25, 0.3) is 5.69 Å². The summed E-state index contributed by atoms with van der Waals surface area (Å²) in [7, 11) is 0. The molecule has 0 spiro atoms. The normalized spacial score (nSPS) is 10.0. The number of nitrogens with zero attached hydrogens (tertiary/aromatic N) is 2. The van der Waals surface area contributed by atoms with Crippen LogP contribution in [0.25, 0.3) is 0 Å². The van der Waals surface area contributed by atoms with Crippen molar-refractivity contribution in [2.45, 2.75) is 13.8 Å². The molecule has 0 radical (unpaired) electrons. The highest BCUT2D eigenvalue weighted by Gasteiger charge is 2.20. The Hall–Kier alpha value is -2.11. The first-order valence-electron chi connectivity index (χ1n) is 5.17. The Balaban J connectivity index is 3.18. The molecule has 0 amide bonds. The number of aliphatic carboxylic acids is 1. The molecule has 0 unspecified atom stereocenters. The van der Waals surface area contributed by atoms with Crippen molar-refractivity contribution < 1.29 is 14.8 Å². The van der Waals surface area contributed by atoms with E-state index in [1.54, 1.807) is 26.0 Å². The van der Waals surface area contributed by atoms with Crippen LogP contribution in [0.2, 0.25) is 0 Å². The van der Waals surface area contributed by atoms with Crippen LogP contribution in [-0.2, 0) is 4.79 Å². The molecule has 1 rings (SSSR count). The molecule has 0 bridgehead atoms. The minimum Gasteiger partial charge on any atom is -0.480 e. The molecular formula is C11H14N2O4. The quantitative estimate of drug-likeness (QED) is 0.624. The molecule has 92 valence electrons. The zero-order chi connectivity index (χ0) is 13.0. The van der Waals surface area contributed by atoms with Gasteiger partial charge in [0.15, 0.2) is 0 Å². The molecule has 0 aliphatic carbocycles. The largest absolute Gasteiger partial charge is 0.480 e. The van der Waals surface area contributed by atoms with Crippen LogP contribution >= 0.6 is 0 Å². The number of hydrogen-bond acceptors (Lipinski definition) is 4.